The molecule has 7 atom stereocenters. The standard InChI is InChI=1S/C49H66N6O10S/c1-50-28-53-49(64,47(62)63)21-16-37(56)54-36(43(57)55-44(58)45(59)60)27-66-42-41-39-33(24-30-10-13-34(14-11-30)48(42)19-6-7-20-48)26-32(25-31-17-22-52-23-18-31)38(40(39)46(61)65-41)35(51-2)15-12-29-8-4-3-5-9-29/h3-5,8-9,17-18,22-23,30,33-36,40,42,44,50-51,53,58,64H,6-7,10-16,19-21,24-28H2,1-2H3,(H,54,56)(H,55,57)(H,59,60)(H,62,63)/t30?,33-,34?,35-,36-,40+,42-,44-,49+/m0/s1. The third-order valence-corrected chi connectivity index (χ3v) is 16.5. The van der Waals surface area contributed by atoms with E-state index in [9.17, 15) is 39.6 Å². The van der Waals surface area contributed by atoms with Gasteiger partial charge < -0.3 is 46.4 Å². The van der Waals surface area contributed by atoms with E-state index in [0.29, 0.717) is 24.0 Å². The minimum absolute atomic E-state index is 0.0267. The van der Waals surface area contributed by atoms with Gasteiger partial charge in [-0.3, -0.25) is 24.7 Å². The number of hydrogen-bond donors (Lipinski definition) is 9. The molecule has 2 amide bonds. The number of aromatic nitrogens is 1. The van der Waals surface area contributed by atoms with Crippen LogP contribution in [0.25, 0.3) is 0 Å². The van der Waals surface area contributed by atoms with E-state index in [1.165, 1.54) is 22.9 Å². The summed E-state index contributed by atoms with van der Waals surface area (Å²) >= 11 is 1.42. The Hall–Kier alpha value is -4.65. The highest BCUT2D eigenvalue weighted by atomic mass is 32.2. The Morgan fingerprint density at radius 2 is 1.68 bits per heavy atom. The summed E-state index contributed by atoms with van der Waals surface area (Å²) in [6.45, 7) is -0.0687. The van der Waals surface area contributed by atoms with Crippen LogP contribution in [-0.4, -0.2) is 111 Å². The number of nitrogens with zero attached hydrogens (tertiary/aromatic N) is 1. The number of amides is 2. The van der Waals surface area contributed by atoms with Crippen LogP contribution in [0.1, 0.15) is 94.6 Å². The Morgan fingerprint density at radius 1 is 0.970 bits per heavy atom. The van der Waals surface area contributed by atoms with Crippen molar-refractivity contribution in [2.45, 2.75) is 126 Å². The zero-order chi connectivity index (χ0) is 47.0. The summed E-state index contributed by atoms with van der Waals surface area (Å²) in [5.74, 6) is -4.49. The highest BCUT2D eigenvalue weighted by Gasteiger charge is 2.57. The van der Waals surface area contributed by atoms with Gasteiger partial charge in [-0.25, -0.2) is 9.59 Å². The van der Waals surface area contributed by atoms with Gasteiger partial charge in [0.05, 0.1) is 5.25 Å². The number of carboxylic acids is 2. The Kier molecular flexibility index (Phi) is 16.4. The van der Waals surface area contributed by atoms with Crippen molar-refractivity contribution >= 4 is 41.5 Å². The molecule has 8 rings (SSSR count). The molecule has 358 valence electrons. The molecule has 9 N–H and O–H groups in total. The normalized spacial score (nSPS) is 25.6. The fourth-order valence-corrected chi connectivity index (χ4v) is 13.4. The van der Waals surface area contributed by atoms with Crippen LogP contribution in [0, 0.1) is 29.1 Å². The number of fused-ring (bicyclic) bond motifs is 2. The van der Waals surface area contributed by atoms with E-state index >= 15 is 4.79 Å². The minimum atomic E-state index is -2.46. The fourth-order valence-electron chi connectivity index (χ4n) is 11.7. The first-order valence-corrected chi connectivity index (χ1v) is 24.6. The van der Waals surface area contributed by atoms with Gasteiger partial charge in [0.2, 0.25) is 23.8 Å². The van der Waals surface area contributed by atoms with Crippen LogP contribution in [0.2, 0.25) is 0 Å². The molecule has 17 heteroatoms. The average molecular weight is 931 g/mol. The summed E-state index contributed by atoms with van der Waals surface area (Å²) < 4.78 is 6.75. The Morgan fingerprint density at radius 3 is 2.33 bits per heavy atom. The van der Waals surface area contributed by atoms with E-state index in [-0.39, 0.29) is 35.8 Å². The molecule has 2 fully saturated rings. The van der Waals surface area contributed by atoms with Crippen molar-refractivity contribution in [1.29, 1.82) is 0 Å². The Labute approximate surface area is 390 Å². The van der Waals surface area contributed by atoms with E-state index in [1.54, 1.807) is 19.4 Å². The van der Waals surface area contributed by atoms with Crippen LogP contribution >= 0.6 is 11.8 Å². The molecule has 0 saturated heterocycles. The Bertz CT molecular complexity index is 2130. The monoisotopic (exact) mass is 930 g/mol. The molecule has 16 nitrogen and oxygen atoms in total. The molecule has 5 aliphatic carbocycles. The van der Waals surface area contributed by atoms with Gasteiger partial charge >= 0.3 is 17.9 Å². The lowest BCUT2D eigenvalue weighted by Crippen LogP contribution is -2.56. The smallest absolute Gasteiger partial charge is 0.353 e. The average Bonchev–Trinajstić information content (AvgIpc) is 3.94. The lowest BCUT2D eigenvalue weighted by Gasteiger charge is -2.49. The van der Waals surface area contributed by atoms with Gasteiger partial charge in [-0.05, 0) is 129 Å². The van der Waals surface area contributed by atoms with E-state index in [0.717, 1.165) is 93.8 Å². The van der Waals surface area contributed by atoms with Crippen LogP contribution < -0.4 is 26.6 Å². The number of carbonyl (C=O) groups is 5. The van der Waals surface area contributed by atoms with Crippen molar-refractivity contribution in [2.24, 2.45) is 29.1 Å². The number of esters is 1. The Balaban J connectivity index is 1.29. The molecular weight excluding hydrogens is 865 g/mol. The molecule has 0 unspecified atom stereocenters. The number of likely N-dealkylation sites (N-methyl/N-ethyl adjacent to an activating group) is 1. The minimum Gasteiger partial charge on any atom is -0.478 e. The van der Waals surface area contributed by atoms with Crippen LogP contribution in [0.3, 0.4) is 0 Å². The number of aliphatic hydroxyl groups excluding tert-OH is 1. The zero-order valence-corrected chi connectivity index (χ0v) is 38.7. The number of allylic oxidation sites excluding steroid dienone is 1. The molecule has 0 radical (unpaired) electrons. The van der Waals surface area contributed by atoms with Crippen LogP contribution in [0.15, 0.2) is 77.3 Å². The summed E-state index contributed by atoms with van der Waals surface area (Å²) in [6.07, 6.45) is 12.2. The molecule has 2 aromatic rings. The van der Waals surface area contributed by atoms with Crippen molar-refractivity contribution in [1.82, 2.24) is 31.6 Å². The highest BCUT2D eigenvalue weighted by Crippen LogP contribution is 2.62. The second-order valence-electron chi connectivity index (χ2n) is 18.9. The topological polar surface area (TPSA) is 249 Å². The molecule has 2 bridgehead atoms. The molecule has 66 heavy (non-hydrogen) atoms. The maximum atomic E-state index is 15.0. The lowest BCUT2D eigenvalue weighted by molar-refractivity contribution is -0.164. The van der Waals surface area contributed by atoms with Gasteiger partial charge in [-0.1, -0.05) is 61.6 Å². The van der Waals surface area contributed by atoms with Gasteiger partial charge in [0.1, 0.15) is 17.7 Å². The SMILES string of the molecule is CNCN[C@@](O)(CCC(=O)N[C@@H](CS[C@H]1C2=C3[C@H](CC(Cc4ccncc4)=C([C@H](CCc4ccccc4)NC)[C@H]3C(=O)O2)CC2CCC(CC2)C12CCCC2)C(=O)N[C@@H](O)C(=O)O)C(=O)O. The number of carbonyl (C=O) groups excluding carboxylic acids is 3. The fraction of sp³-hybridized carbons (Fsp3) is 0.592. The van der Waals surface area contributed by atoms with Gasteiger partial charge in [0, 0.05) is 43.7 Å². The quantitative estimate of drug-likeness (QED) is 0.0491. The number of hydrogen-bond acceptors (Lipinski definition) is 13. The predicted molar refractivity (Wildman–Crippen MR) is 247 cm³/mol. The molecule has 2 saturated carbocycles. The second-order valence-corrected chi connectivity index (χ2v) is 20.0. The van der Waals surface area contributed by atoms with Crippen LogP contribution in [0.4, 0.5) is 0 Å². The highest BCUT2D eigenvalue weighted by molar-refractivity contribution is 8.00. The third kappa shape index (κ3) is 11.0. The largest absolute Gasteiger partial charge is 0.478 e. The van der Waals surface area contributed by atoms with Crippen LogP contribution in [-0.2, 0) is 41.6 Å². The first-order valence-electron chi connectivity index (χ1n) is 23.5. The van der Waals surface area contributed by atoms with Gasteiger partial charge in [0.25, 0.3) is 0 Å². The first-order chi connectivity index (χ1) is 31.8. The molecule has 1 aromatic heterocycles. The van der Waals surface area contributed by atoms with Gasteiger partial charge in [0.15, 0.2) is 0 Å². The summed E-state index contributed by atoms with van der Waals surface area (Å²) in [5.41, 5.74) is 2.89. The van der Waals surface area contributed by atoms with E-state index in [2.05, 4.69) is 43.7 Å². The molecule has 1 aliphatic heterocycles. The molecule has 1 aromatic carbocycles. The van der Waals surface area contributed by atoms with E-state index < -0.39 is 65.8 Å². The molecule has 6 aliphatic rings. The first kappa shape index (κ1) is 49.3. The zero-order valence-electron chi connectivity index (χ0n) is 37.9. The number of ether oxygens (including phenoxy) is 1. The van der Waals surface area contributed by atoms with Crippen molar-refractivity contribution in [3.8, 4) is 0 Å². The lowest BCUT2D eigenvalue weighted by atomic mass is 9.59. The van der Waals surface area contributed by atoms with Crippen molar-refractivity contribution in [3.05, 3.63) is 88.5 Å². The number of aliphatic carboxylic acids is 2. The van der Waals surface area contributed by atoms with Crippen molar-refractivity contribution < 1.29 is 49.1 Å². The molecule has 1 spiro atoms. The van der Waals surface area contributed by atoms with E-state index in [4.69, 9.17) is 4.74 Å². The second kappa shape index (κ2) is 22.0. The molecule has 2 heterocycles. The summed E-state index contributed by atoms with van der Waals surface area (Å²) in [6, 6.07) is 12.9. The number of thioether (sulfide) groups is 1. The van der Waals surface area contributed by atoms with Crippen molar-refractivity contribution in [3.63, 3.8) is 0 Å². The number of aryl methyl sites for hydroxylation is 1. The number of pyridine rings is 1. The van der Waals surface area contributed by atoms with Crippen LogP contribution in [0.5, 0.6) is 0 Å². The summed E-state index contributed by atoms with van der Waals surface area (Å²) in [5, 5.41) is 53.4. The third-order valence-electron chi connectivity index (χ3n) is 14.9. The maximum absolute atomic E-state index is 15.0. The van der Waals surface area contributed by atoms with Gasteiger partial charge in [-0.15, -0.1) is 11.8 Å². The maximum Gasteiger partial charge on any atom is 0.353 e. The number of carboxylic acid groups (broad SMARTS) is 2. The van der Waals surface area contributed by atoms with Gasteiger partial charge in [-0.2, -0.15) is 0 Å². The van der Waals surface area contributed by atoms with Crippen molar-refractivity contribution in [2.75, 3.05) is 26.5 Å². The summed E-state index contributed by atoms with van der Waals surface area (Å²) in [7, 11) is 3.50. The number of aliphatic hydroxyl groups is 2. The number of benzene rings is 1. The number of rotatable bonds is 21. The van der Waals surface area contributed by atoms with E-state index in [1.807, 2.05) is 37.4 Å². The molecular formula is C49H66N6O10S. The predicted octanol–water partition coefficient (Wildman–Crippen LogP) is 3.78. The summed E-state index contributed by atoms with van der Waals surface area (Å²) in [4.78, 5) is 70.4. The number of nitrogens with one attached hydrogen (secondary N) is 5.